The number of aliphatic hydroxyl groups is 4. The molecule has 9 heteroatoms. The lowest BCUT2D eigenvalue weighted by atomic mass is 9.75. The smallest absolute Gasteiger partial charge is 0.248 e. The Morgan fingerprint density at radius 1 is 0.944 bits per heavy atom. The van der Waals surface area contributed by atoms with Crippen LogP contribution in [0.5, 0.6) is 5.75 Å². The number of alkyl halides is 2. The summed E-state index contributed by atoms with van der Waals surface area (Å²) in [5.41, 5.74) is 0.870. The Kier molecular flexibility index (Phi) is 7.97. The third-order valence-electron chi connectivity index (χ3n) is 7.40. The van der Waals surface area contributed by atoms with Crippen LogP contribution in [0.4, 0.5) is 13.2 Å². The average Bonchev–Trinajstić information content (AvgIpc) is 2.86. The third-order valence-corrected chi connectivity index (χ3v) is 7.40. The number of rotatable bonds is 7. The second-order valence-corrected chi connectivity index (χ2v) is 10.3. The zero-order chi connectivity index (χ0) is 26.1. The van der Waals surface area contributed by atoms with E-state index in [2.05, 4.69) is 0 Å². The molecule has 0 amide bonds. The summed E-state index contributed by atoms with van der Waals surface area (Å²) in [5, 5.41) is 39.8. The molecule has 0 spiro atoms. The van der Waals surface area contributed by atoms with Crippen molar-refractivity contribution in [2.75, 3.05) is 13.2 Å². The lowest BCUT2D eigenvalue weighted by Crippen LogP contribution is -2.55. The first-order valence-electron chi connectivity index (χ1n) is 12.2. The summed E-state index contributed by atoms with van der Waals surface area (Å²) in [6, 6.07) is 11.8. The molecule has 1 saturated heterocycles. The van der Waals surface area contributed by atoms with Crippen molar-refractivity contribution in [1.29, 1.82) is 0 Å². The van der Waals surface area contributed by atoms with Crippen molar-refractivity contribution in [2.45, 2.75) is 75.5 Å². The number of ether oxygens (including phenoxy) is 2. The molecule has 6 nitrogen and oxygen atoms in total. The van der Waals surface area contributed by atoms with Crippen LogP contribution in [-0.4, -0.2) is 64.0 Å². The molecule has 4 N–H and O–H groups in total. The SMILES string of the molecule is CC1(COc2ccc(Cc3cccc([C@@H]4O[C@H](CO)[C@@H](O)[C@H](O)[C@H]4O)c3F)cc2)CCC(F)(F)CC1. The van der Waals surface area contributed by atoms with E-state index in [-0.39, 0.29) is 30.2 Å². The summed E-state index contributed by atoms with van der Waals surface area (Å²) in [4.78, 5) is 0. The van der Waals surface area contributed by atoms with Crippen molar-refractivity contribution in [1.82, 2.24) is 0 Å². The molecule has 1 saturated carbocycles. The molecule has 1 aliphatic carbocycles. The Morgan fingerprint density at radius 2 is 1.61 bits per heavy atom. The molecule has 2 aromatic carbocycles. The molecule has 1 heterocycles. The fraction of sp³-hybridized carbons (Fsp3) is 0.556. The number of halogens is 3. The van der Waals surface area contributed by atoms with E-state index >= 15 is 4.39 Å². The van der Waals surface area contributed by atoms with E-state index in [1.165, 1.54) is 6.07 Å². The highest BCUT2D eigenvalue weighted by atomic mass is 19.3. The van der Waals surface area contributed by atoms with Crippen molar-refractivity contribution < 1.29 is 43.1 Å². The van der Waals surface area contributed by atoms with E-state index in [9.17, 15) is 29.2 Å². The Bertz CT molecular complexity index is 1020. The molecule has 5 atom stereocenters. The van der Waals surface area contributed by atoms with Crippen LogP contribution < -0.4 is 4.74 Å². The molecule has 2 aliphatic rings. The predicted molar refractivity (Wildman–Crippen MR) is 125 cm³/mol. The maximum Gasteiger partial charge on any atom is 0.248 e. The first-order valence-corrected chi connectivity index (χ1v) is 12.2. The van der Waals surface area contributed by atoms with Gasteiger partial charge >= 0.3 is 0 Å². The fourth-order valence-corrected chi connectivity index (χ4v) is 4.86. The van der Waals surface area contributed by atoms with E-state index in [1.807, 2.05) is 6.92 Å². The Hall–Kier alpha value is -2.17. The van der Waals surface area contributed by atoms with E-state index < -0.39 is 48.9 Å². The van der Waals surface area contributed by atoms with Gasteiger partial charge in [-0.3, -0.25) is 0 Å². The number of benzene rings is 2. The van der Waals surface area contributed by atoms with Gasteiger partial charge in [0.05, 0.1) is 13.2 Å². The van der Waals surface area contributed by atoms with E-state index in [1.54, 1.807) is 36.4 Å². The predicted octanol–water partition coefficient (Wildman–Crippen LogP) is 3.53. The minimum absolute atomic E-state index is 0.0238. The topological polar surface area (TPSA) is 99.4 Å². The van der Waals surface area contributed by atoms with Gasteiger partial charge in [-0.25, -0.2) is 13.2 Å². The lowest BCUT2D eigenvalue weighted by molar-refractivity contribution is -0.232. The monoisotopic (exact) mass is 510 g/mol. The number of aliphatic hydroxyl groups excluding tert-OH is 4. The first-order chi connectivity index (χ1) is 17.0. The van der Waals surface area contributed by atoms with Crippen LogP contribution in [0.15, 0.2) is 42.5 Å². The molecule has 36 heavy (non-hydrogen) atoms. The highest BCUT2D eigenvalue weighted by Gasteiger charge is 2.45. The van der Waals surface area contributed by atoms with E-state index in [0.717, 1.165) is 5.56 Å². The van der Waals surface area contributed by atoms with Gasteiger partial charge in [0.15, 0.2) is 0 Å². The van der Waals surface area contributed by atoms with Gasteiger partial charge < -0.3 is 29.9 Å². The van der Waals surface area contributed by atoms with Crippen LogP contribution in [0, 0.1) is 11.2 Å². The van der Waals surface area contributed by atoms with Crippen LogP contribution in [0.1, 0.15) is 55.4 Å². The number of hydrogen-bond donors (Lipinski definition) is 4. The minimum atomic E-state index is -2.59. The summed E-state index contributed by atoms with van der Waals surface area (Å²) in [6.45, 7) is 1.71. The maximum absolute atomic E-state index is 15.4. The summed E-state index contributed by atoms with van der Waals surface area (Å²) in [7, 11) is 0. The summed E-state index contributed by atoms with van der Waals surface area (Å²) >= 11 is 0. The van der Waals surface area contributed by atoms with Crippen molar-refractivity contribution in [3.8, 4) is 5.75 Å². The van der Waals surface area contributed by atoms with Gasteiger partial charge in [-0.1, -0.05) is 37.3 Å². The van der Waals surface area contributed by atoms with Gasteiger partial charge in [-0.15, -0.1) is 0 Å². The van der Waals surface area contributed by atoms with Gasteiger partial charge in [0, 0.05) is 30.2 Å². The highest BCUT2D eigenvalue weighted by molar-refractivity contribution is 5.35. The molecule has 0 aromatic heterocycles. The summed E-state index contributed by atoms with van der Waals surface area (Å²) in [6.07, 6.45) is -6.26. The maximum atomic E-state index is 15.4. The zero-order valence-corrected chi connectivity index (χ0v) is 20.1. The molecular formula is C27H33F3O6. The molecule has 0 bridgehead atoms. The first kappa shape index (κ1) is 26.9. The highest BCUT2D eigenvalue weighted by Crippen LogP contribution is 2.43. The van der Waals surface area contributed by atoms with Crippen LogP contribution in [0.25, 0.3) is 0 Å². The molecule has 0 unspecified atom stereocenters. The van der Waals surface area contributed by atoms with Crippen molar-refractivity contribution in [2.24, 2.45) is 5.41 Å². The van der Waals surface area contributed by atoms with Gasteiger partial charge in [-0.2, -0.15) is 0 Å². The van der Waals surface area contributed by atoms with Crippen LogP contribution in [-0.2, 0) is 11.2 Å². The molecule has 4 rings (SSSR count). The second-order valence-electron chi connectivity index (χ2n) is 10.3. The summed E-state index contributed by atoms with van der Waals surface area (Å²) < 4.78 is 53.7. The van der Waals surface area contributed by atoms with E-state index in [4.69, 9.17) is 9.47 Å². The molecule has 198 valence electrons. The molecule has 0 radical (unpaired) electrons. The Labute approximate surface area is 208 Å². The van der Waals surface area contributed by atoms with Crippen molar-refractivity contribution >= 4 is 0 Å². The summed E-state index contributed by atoms with van der Waals surface area (Å²) in [5.74, 6) is -2.59. The van der Waals surface area contributed by atoms with Crippen LogP contribution in [0.3, 0.4) is 0 Å². The molecule has 2 fully saturated rings. The standard InChI is InChI=1S/C27H33F3O6/c1-26(9-11-27(29,30)12-10-26)15-35-18-7-5-16(6-8-18)13-17-3-2-4-19(21(17)28)25-24(34)23(33)22(32)20(14-31)36-25/h2-8,20,22-25,31-34H,9-15H2,1H3/t20-,22-,23+,24-,25+/m1/s1. The van der Waals surface area contributed by atoms with Crippen LogP contribution in [0.2, 0.25) is 0 Å². The Morgan fingerprint density at radius 3 is 2.25 bits per heavy atom. The average molecular weight is 511 g/mol. The van der Waals surface area contributed by atoms with Gasteiger partial charge in [0.2, 0.25) is 5.92 Å². The zero-order valence-electron chi connectivity index (χ0n) is 20.1. The molecule has 2 aromatic rings. The van der Waals surface area contributed by atoms with Crippen molar-refractivity contribution in [3.63, 3.8) is 0 Å². The minimum Gasteiger partial charge on any atom is -0.493 e. The fourth-order valence-electron chi connectivity index (χ4n) is 4.86. The number of hydrogen-bond acceptors (Lipinski definition) is 6. The van der Waals surface area contributed by atoms with Gasteiger partial charge in [0.1, 0.15) is 42.1 Å². The van der Waals surface area contributed by atoms with Gasteiger partial charge in [0.25, 0.3) is 0 Å². The van der Waals surface area contributed by atoms with Crippen LogP contribution >= 0.6 is 0 Å². The molecular weight excluding hydrogens is 477 g/mol. The lowest BCUT2D eigenvalue weighted by Gasteiger charge is -2.40. The second kappa shape index (κ2) is 10.7. The largest absolute Gasteiger partial charge is 0.493 e. The van der Waals surface area contributed by atoms with Crippen molar-refractivity contribution in [3.05, 3.63) is 65.0 Å². The third kappa shape index (κ3) is 5.86. The Balaban J connectivity index is 1.41. The van der Waals surface area contributed by atoms with E-state index in [0.29, 0.717) is 30.8 Å². The normalized spacial score (nSPS) is 29.6. The molecule has 1 aliphatic heterocycles. The van der Waals surface area contributed by atoms with Gasteiger partial charge in [-0.05, 0) is 36.1 Å². The quantitative estimate of drug-likeness (QED) is 0.455.